The number of ether oxygens (including phenoxy) is 2. The van der Waals surface area contributed by atoms with Gasteiger partial charge in [0, 0.05) is 28.6 Å². The van der Waals surface area contributed by atoms with Gasteiger partial charge in [0.15, 0.2) is 11.5 Å². The van der Waals surface area contributed by atoms with Crippen molar-refractivity contribution in [3.8, 4) is 17.2 Å². The van der Waals surface area contributed by atoms with Crippen LogP contribution in [-0.2, 0) is 13.0 Å². The molecule has 1 heterocycles. The smallest absolute Gasteiger partial charge is 0.169 e. The third-order valence-electron chi connectivity index (χ3n) is 3.55. The highest BCUT2D eigenvalue weighted by atomic mass is 79.9. The molecule has 0 aliphatic carbocycles. The molecule has 2 aromatic rings. The third-order valence-corrected chi connectivity index (χ3v) is 4.30. The molecule has 0 amide bonds. The second kappa shape index (κ2) is 5.35. The molecule has 0 unspecified atom stereocenters. The Kier molecular flexibility index (Phi) is 3.68. The maximum Gasteiger partial charge on any atom is 0.169 e. The van der Waals surface area contributed by atoms with Crippen LogP contribution in [0.1, 0.15) is 25.0 Å². The van der Waals surface area contributed by atoms with Crippen molar-refractivity contribution in [3.63, 3.8) is 0 Å². The number of rotatable bonds is 3. The van der Waals surface area contributed by atoms with E-state index in [0.717, 1.165) is 33.7 Å². The molecule has 0 spiro atoms. The van der Waals surface area contributed by atoms with Gasteiger partial charge in [0.25, 0.3) is 0 Å². The first-order valence-corrected chi connectivity index (χ1v) is 7.76. The predicted octanol–water partition coefficient (Wildman–Crippen LogP) is 4.41. The van der Waals surface area contributed by atoms with Gasteiger partial charge in [-0.05, 0) is 32.0 Å². The summed E-state index contributed by atoms with van der Waals surface area (Å²) in [5, 5.41) is 0. The number of nitrogens with two attached hydrogens (primary N) is 1. The maximum atomic E-state index is 6.08. The summed E-state index contributed by atoms with van der Waals surface area (Å²) in [6, 6.07) is 11.8. The summed E-state index contributed by atoms with van der Waals surface area (Å²) in [7, 11) is 0. The minimum atomic E-state index is -0.185. The second-order valence-corrected chi connectivity index (χ2v) is 6.66. The lowest BCUT2D eigenvalue weighted by Crippen LogP contribution is -2.24. The van der Waals surface area contributed by atoms with E-state index in [1.54, 1.807) is 0 Å². The van der Waals surface area contributed by atoms with Gasteiger partial charge in [-0.3, -0.25) is 0 Å². The van der Waals surface area contributed by atoms with Crippen molar-refractivity contribution in [2.45, 2.75) is 32.4 Å². The van der Waals surface area contributed by atoms with Crippen LogP contribution in [0.25, 0.3) is 0 Å². The molecule has 3 nitrogen and oxygen atoms in total. The van der Waals surface area contributed by atoms with Crippen LogP contribution in [0, 0.1) is 0 Å². The number of para-hydroxylation sites is 1. The first kappa shape index (κ1) is 14.4. The van der Waals surface area contributed by atoms with Gasteiger partial charge < -0.3 is 15.2 Å². The molecule has 0 saturated carbocycles. The number of hydrogen-bond donors (Lipinski definition) is 1. The Morgan fingerprint density at radius 3 is 2.67 bits per heavy atom. The van der Waals surface area contributed by atoms with Gasteiger partial charge in [-0.15, -0.1) is 0 Å². The molecular weight excluding hydrogens is 330 g/mol. The quantitative estimate of drug-likeness (QED) is 0.893. The molecule has 0 aromatic heterocycles. The molecule has 0 atom stereocenters. The number of fused-ring (bicyclic) bond motifs is 1. The summed E-state index contributed by atoms with van der Waals surface area (Å²) in [6.07, 6.45) is 0.891. The molecule has 2 N–H and O–H groups in total. The summed E-state index contributed by atoms with van der Waals surface area (Å²) in [5.41, 5.74) is 7.77. The van der Waals surface area contributed by atoms with Gasteiger partial charge in [-0.2, -0.15) is 0 Å². The zero-order valence-electron chi connectivity index (χ0n) is 12.2. The summed E-state index contributed by atoms with van der Waals surface area (Å²) in [5.74, 6) is 2.34. The van der Waals surface area contributed by atoms with Gasteiger partial charge in [0.2, 0.25) is 0 Å². The van der Waals surface area contributed by atoms with E-state index < -0.39 is 0 Å². The molecule has 0 bridgehead atoms. The average molecular weight is 348 g/mol. The van der Waals surface area contributed by atoms with Gasteiger partial charge in [0.05, 0.1) is 0 Å². The molecule has 0 radical (unpaired) electrons. The summed E-state index contributed by atoms with van der Waals surface area (Å²) < 4.78 is 13.1. The Labute approximate surface area is 133 Å². The molecule has 1 aliphatic heterocycles. The number of benzene rings is 2. The van der Waals surface area contributed by atoms with Crippen molar-refractivity contribution < 1.29 is 9.47 Å². The standard InChI is InChI=1S/C17H18BrNO2/c1-17(2)9-11-5-3-8-15(16(11)21-17)20-14-7-4-6-13(18)12(14)10-19/h3-8H,9-10,19H2,1-2H3. The molecular formula is C17H18BrNO2. The van der Waals surface area contributed by atoms with Crippen LogP contribution in [0.15, 0.2) is 40.9 Å². The molecule has 110 valence electrons. The van der Waals surface area contributed by atoms with E-state index >= 15 is 0 Å². The Hall–Kier alpha value is -1.52. The Morgan fingerprint density at radius 2 is 1.90 bits per heavy atom. The van der Waals surface area contributed by atoms with E-state index in [1.165, 1.54) is 5.56 Å². The normalized spacial score (nSPS) is 15.4. The van der Waals surface area contributed by atoms with Crippen LogP contribution in [0.5, 0.6) is 17.2 Å². The van der Waals surface area contributed by atoms with Gasteiger partial charge in [-0.25, -0.2) is 0 Å². The molecule has 4 heteroatoms. The second-order valence-electron chi connectivity index (χ2n) is 5.81. The Morgan fingerprint density at radius 1 is 1.19 bits per heavy atom. The lowest BCUT2D eigenvalue weighted by atomic mass is 10.0. The van der Waals surface area contributed by atoms with E-state index in [9.17, 15) is 0 Å². The van der Waals surface area contributed by atoms with Crippen LogP contribution in [0.4, 0.5) is 0 Å². The van der Waals surface area contributed by atoms with Crippen LogP contribution < -0.4 is 15.2 Å². The minimum Gasteiger partial charge on any atom is -0.483 e. The van der Waals surface area contributed by atoms with Gasteiger partial charge in [0.1, 0.15) is 11.4 Å². The first-order valence-electron chi connectivity index (χ1n) is 6.96. The van der Waals surface area contributed by atoms with Crippen molar-refractivity contribution >= 4 is 15.9 Å². The molecule has 1 aliphatic rings. The topological polar surface area (TPSA) is 44.5 Å². The largest absolute Gasteiger partial charge is 0.483 e. The maximum absolute atomic E-state index is 6.08. The van der Waals surface area contributed by atoms with Crippen LogP contribution in [0.2, 0.25) is 0 Å². The first-order chi connectivity index (χ1) is 10.00. The lowest BCUT2D eigenvalue weighted by molar-refractivity contribution is 0.135. The van der Waals surface area contributed by atoms with E-state index in [1.807, 2.05) is 30.3 Å². The molecule has 3 rings (SSSR count). The van der Waals surface area contributed by atoms with E-state index in [2.05, 4.69) is 35.8 Å². The molecule has 0 saturated heterocycles. The van der Waals surface area contributed by atoms with Crippen molar-refractivity contribution in [2.75, 3.05) is 0 Å². The summed E-state index contributed by atoms with van der Waals surface area (Å²) >= 11 is 3.51. The van der Waals surface area contributed by atoms with Crippen molar-refractivity contribution in [3.05, 3.63) is 52.0 Å². The fraction of sp³-hybridized carbons (Fsp3) is 0.294. The number of hydrogen-bond acceptors (Lipinski definition) is 3. The highest BCUT2D eigenvalue weighted by Gasteiger charge is 2.32. The highest BCUT2D eigenvalue weighted by molar-refractivity contribution is 9.10. The zero-order valence-corrected chi connectivity index (χ0v) is 13.7. The molecule has 2 aromatic carbocycles. The van der Waals surface area contributed by atoms with Crippen LogP contribution in [-0.4, -0.2) is 5.60 Å². The zero-order chi connectivity index (χ0) is 15.0. The summed E-state index contributed by atoms with van der Waals surface area (Å²) in [4.78, 5) is 0. The fourth-order valence-electron chi connectivity index (χ4n) is 2.62. The predicted molar refractivity (Wildman–Crippen MR) is 87.0 cm³/mol. The molecule has 0 fully saturated rings. The molecule has 21 heavy (non-hydrogen) atoms. The highest BCUT2D eigenvalue weighted by Crippen LogP contribution is 2.44. The average Bonchev–Trinajstić information content (AvgIpc) is 2.74. The van der Waals surface area contributed by atoms with E-state index in [4.69, 9.17) is 15.2 Å². The van der Waals surface area contributed by atoms with Crippen molar-refractivity contribution in [1.29, 1.82) is 0 Å². The van der Waals surface area contributed by atoms with Crippen molar-refractivity contribution in [1.82, 2.24) is 0 Å². The lowest BCUT2D eigenvalue weighted by Gasteiger charge is -2.18. The van der Waals surface area contributed by atoms with Crippen LogP contribution >= 0.6 is 15.9 Å². The fourth-order valence-corrected chi connectivity index (χ4v) is 3.13. The van der Waals surface area contributed by atoms with Gasteiger partial charge in [-0.1, -0.05) is 34.1 Å². The third kappa shape index (κ3) is 2.78. The van der Waals surface area contributed by atoms with E-state index in [0.29, 0.717) is 6.54 Å². The van der Waals surface area contributed by atoms with Gasteiger partial charge >= 0.3 is 0 Å². The monoisotopic (exact) mass is 347 g/mol. The Bertz CT molecular complexity index is 682. The van der Waals surface area contributed by atoms with Crippen LogP contribution in [0.3, 0.4) is 0 Å². The minimum absolute atomic E-state index is 0.185. The summed E-state index contributed by atoms with van der Waals surface area (Å²) in [6.45, 7) is 4.58. The van der Waals surface area contributed by atoms with Crippen molar-refractivity contribution in [2.24, 2.45) is 5.73 Å². The SMILES string of the molecule is CC1(C)Cc2cccc(Oc3cccc(Br)c3CN)c2O1. The Balaban J connectivity index is 1.98. The van der Waals surface area contributed by atoms with E-state index in [-0.39, 0.29) is 5.60 Å². The number of halogens is 1.